The summed E-state index contributed by atoms with van der Waals surface area (Å²) in [4.78, 5) is 0. The van der Waals surface area contributed by atoms with Gasteiger partial charge in [-0.2, -0.15) is 0 Å². The lowest BCUT2D eigenvalue weighted by molar-refractivity contribution is 0.185. The Morgan fingerprint density at radius 3 is 0.857 bits per heavy atom. The first-order valence-electron chi connectivity index (χ1n) is 16.8. The molecule has 0 N–H and O–H groups in total. The summed E-state index contributed by atoms with van der Waals surface area (Å²) >= 11 is 0. The van der Waals surface area contributed by atoms with Gasteiger partial charge in [0.05, 0.1) is 6.61 Å². The van der Waals surface area contributed by atoms with E-state index in [1.54, 1.807) is 0 Å². The van der Waals surface area contributed by atoms with Crippen LogP contribution in [0.2, 0.25) is 0 Å². The van der Waals surface area contributed by atoms with Crippen LogP contribution in [0.15, 0.2) is 0 Å². The van der Waals surface area contributed by atoms with Crippen LogP contribution in [0, 0.1) is 6.61 Å². The van der Waals surface area contributed by atoms with Crippen LogP contribution in [0.25, 0.3) is 0 Å². The van der Waals surface area contributed by atoms with E-state index in [4.69, 9.17) is 4.74 Å². The van der Waals surface area contributed by atoms with E-state index in [0.717, 1.165) is 13.0 Å². The fourth-order valence-corrected chi connectivity index (χ4v) is 5.11. The van der Waals surface area contributed by atoms with E-state index >= 15 is 0 Å². The Morgan fingerprint density at radius 2 is 0.571 bits per heavy atom. The smallest absolute Gasteiger partial charge is 0.0836 e. The van der Waals surface area contributed by atoms with Gasteiger partial charge in [-0.25, -0.2) is 0 Å². The Bertz CT molecular complexity index is 307. The molecule has 0 fully saturated rings. The molecule has 0 aromatic carbocycles. The highest BCUT2D eigenvalue weighted by molar-refractivity contribution is 4.54. The lowest BCUT2D eigenvalue weighted by Gasteiger charge is -2.05. The minimum Gasteiger partial charge on any atom is -0.376 e. The summed E-state index contributed by atoms with van der Waals surface area (Å²) in [6.07, 6.45) is 43.0. The second kappa shape index (κ2) is 34.0. The van der Waals surface area contributed by atoms with Gasteiger partial charge in [-0.3, -0.25) is 0 Å². The van der Waals surface area contributed by atoms with E-state index in [1.807, 2.05) is 6.61 Å². The molecule has 0 saturated heterocycles. The van der Waals surface area contributed by atoms with Gasteiger partial charge in [0.25, 0.3) is 0 Å². The van der Waals surface area contributed by atoms with Crippen molar-refractivity contribution in [2.24, 2.45) is 0 Å². The minimum absolute atomic E-state index is 0.913. The second-order valence-electron chi connectivity index (χ2n) is 11.4. The number of ether oxygens (including phenoxy) is 1. The average molecular weight is 494 g/mol. The van der Waals surface area contributed by atoms with Crippen molar-refractivity contribution in [2.75, 3.05) is 6.61 Å². The second-order valence-corrected chi connectivity index (χ2v) is 11.4. The monoisotopic (exact) mass is 494 g/mol. The maximum absolute atomic E-state index is 5.51. The summed E-state index contributed by atoms with van der Waals surface area (Å²) in [6.45, 7) is 7.47. The summed E-state index contributed by atoms with van der Waals surface area (Å²) < 4.78 is 5.51. The van der Waals surface area contributed by atoms with Crippen molar-refractivity contribution in [1.82, 2.24) is 0 Å². The molecule has 0 aliphatic rings. The van der Waals surface area contributed by atoms with Crippen molar-refractivity contribution in [3.63, 3.8) is 0 Å². The maximum Gasteiger partial charge on any atom is 0.0836 e. The molecule has 0 rings (SSSR count). The van der Waals surface area contributed by atoms with Crippen molar-refractivity contribution >= 4 is 0 Å². The first kappa shape index (κ1) is 35.0. The summed E-state index contributed by atoms with van der Waals surface area (Å²) in [5.41, 5.74) is 0. The van der Waals surface area contributed by atoms with Crippen LogP contribution in [0.3, 0.4) is 0 Å². The normalized spacial score (nSPS) is 11.5. The van der Waals surface area contributed by atoms with Crippen molar-refractivity contribution < 1.29 is 4.74 Å². The molecule has 0 bridgehead atoms. The topological polar surface area (TPSA) is 9.23 Å². The molecule has 0 aliphatic heterocycles. The highest BCUT2D eigenvalue weighted by Crippen LogP contribution is 2.16. The third kappa shape index (κ3) is 34.0. The maximum atomic E-state index is 5.51. The highest BCUT2D eigenvalue weighted by Gasteiger charge is 1.97. The summed E-state index contributed by atoms with van der Waals surface area (Å²) in [5.74, 6) is 0. The van der Waals surface area contributed by atoms with Crippen LogP contribution in [0.4, 0.5) is 0 Å². The Hall–Kier alpha value is -0.0400. The SMILES string of the molecule is CCCCCCCCCCCCCCCCCCCCCCCCCCCCC[CH]OCCCC. The van der Waals surface area contributed by atoms with E-state index in [0.29, 0.717) is 0 Å². The van der Waals surface area contributed by atoms with Crippen LogP contribution in [0.5, 0.6) is 0 Å². The molecule has 35 heavy (non-hydrogen) atoms. The van der Waals surface area contributed by atoms with E-state index in [1.165, 1.54) is 186 Å². The molecule has 0 unspecified atom stereocenters. The third-order valence-corrected chi connectivity index (χ3v) is 7.66. The van der Waals surface area contributed by atoms with Gasteiger partial charge < -0.3 is 4.74 Å². The van der Waals surface area contributed by atoms with Crippen molar-refractivity contribution in [3.8, 4) is 0 Å². The van der Waals surface area contributed by atoms with Crippen LogP contribution >= 0.6 is 0 Å². The van der Waals surface area contributed by atoms with E-state index in [-0.39, 0.29) is 0 Å². The van der Waals surface area contributed by atoms with Gasteiger partial charge in [0, 0.05) is 6.61 Å². The molecule has 0 amide bonds. The Kier molecular flexibility index (Phi) is 33.9. The van der Waals surface area contributed by atoms with Crippen molar-refractivity contribution in [3.05, 3.63) is 6.61 Å². The van der Waals surface area contributed by atoms with Gasteiger partial charge in [-0.1, -0.05) is 194 Å². The van der Waals surface area contributed by atoms with Gasteiger partial charge in [-0.15, -0.1) is 0 Å². The van der Waals surface area contributed by atoms with Crippen LogP contribution < -0.4 is 0 Å². The summed E-state index contributed by atoms with van der Waals surface area (Å²) in [5, 5.41) is 0. The molecule has 0 aliphatic carbocycles. The largest absolute Gasteiger partial charge is 0.376 e. The molecule has 0 spiro atoms. The first-order valence-corrected chi connectivity index (χ1v) is 16.8. The molecule has 0 saturated carbocycles. The van der Waals surface area contributed by atoms with Crippen molar-refractivity contribution in [2.45, 2.75) is 206 Å². The average Bonchev–Trinajstić information content (AvgIpc) is 2.87. The highest BCUT2D eigenvalue weighted by atomic mass is 16.5. The van der Waals surface area contributed by atoms with Crippen LogP contribution in [-0.2, 0) is 4.74 Å². The number of hydrogen-bond donors (Lipinski definition) is 0. The molecule has 0 aromatic rings. The van der Waals surface area contributed by atoms with Gasteiger partial charge in [0.15, 0.2) is 0 Å². The zero-order chi connectivity index (χ0) is 25.3. The minimum atomic E-state index is 0.913. The molecule has 211 valence electrons. The van der Waals surface area contributed by atoms with E-state index in [9.17, 15) is 0 Å². The standard InChI is InChI=1S/C34H69O/c1-3-5-7-8-9-10-11-12-13-14-15-16-17-18-19-20-21-22-23-24-25-26-27-28-29-30-31-32-34-35-33-6-4-2/h34H,3-33H2,1-2H3. The van der Waals surface area contributed by atoms with Gasteiger partial charge in [0.1, 0.15) is 0 Å². The molecule has 1 radical (unpaired) electrons. The van der Waals surface area contributed by atoms with E-state index in [2.05, 4.69) is 13.8 Å². The Morgan fingerprint density at radius 1 is 0.314 bits per heavy atom. The Labute approximate surface area is 224 Å². The molecule has 1 nitrogen and oxygen atoms in total. The lowest BCUT2D eigenvalue weighted by Crippen LogP contribution is -1.91. The predicted octanol–water partition coefficient (Wildman–Crippen LogP) is 12.9. The van der Waals surface area contributed by atoms with Crippen LogP contribution in [-0.4, -0.2) is 6.61 Å². The Balaban J connectivity index is 3.00. The van der Waals surface area contributed by atoms with Gasteiger partial charge in [-0.05, 0) is 12.8 Å². The first-order chi connectivity index (χ1) is 17.4. The summed E-state index contributed by atoms with van der Waals surface area (Å²) in [7, 11) is 0. The number of rotatable bonds is 32. The fraction of sp³-hybridized carbons (Fsp3) is 0.971. The van der Waals surface area contributed by atoms with Gasteiger partial charge >= 0.3 is 0 Å². The zero-order valence-electron chi connectivity index (χ0n) is 24.9. The fourth-order valence-electron chi connectivity index (χ4n) is 5.11. The summed E-state index contributed by atoms with van der Waals surface area (Å²) in [6, 6.07) is 0. The lowest BCUT2D eigenvalue weighted by atomic mass is 10.0. The van der Waals surface area contributed by atoms with Crippen molar-refractivity contribution in [1.29, 1.82) is 0 Å². The number of unbranched alkanes of at least 4 members (excludes halogenated alkanes) is 28. The molecular formula is C34H69O. The molecule has 0 heterocycles. The molecule has 1 heteroatoms. The number of hydrogen-bond acceptors (Lipinski definition) is 1. The van der Waals surface area contributed by atoms with Gasteiger partial charge in [0.2, 0.25) is 0 Å². The molecule has 0 atom stereocenters. The zero-order valence-corrected chi connectivity index (χ0v) is 24.9. The van der Waals surface area contributed by atoms with E-state index < -0.39 is 0 Å². The molecular weight excluding hydrogens is 424 g/mol. The third-order valence-electron chi connectivity index (χ3n) is 7.66. The quantitative estimate of drug-likeness (QED) is 0.0846. The van der Waals surface area contributed by atoms with Crippen LogP contribution in [0.1, 0.15) is 206 Å². The molecule has 0 aromatic heterocycles. The predicted molar refractivity (Wildman–Crippen MR) is 160 cm³/mol.